The quantitative estimate of drug-likeness (QED) is 0.499. The van der Waals surface area contributed by atoms with E-state index in [1.54, 1.807) is 0 Å². The topological polar surface area (TPSA) is 20.3 Å². The standard InChI is InChI=1S/C25H35NO/c1-5-6-10-22-13-15-24(16-14-22)25(27)26(18-20(2)3)19-21(4)17-23-11-8-7-9-12-23/h8,11-17,20H,5-7,9-10,18-19H2,1-4H3/b21-17+. The van der Waals surface area contributed by atoms with Crippen LogP contribution in [0.4, 0.5) is 0 Å². The second-order valence-corrected chi connectivity index (χ2v) is 8.05. The normalized spacial score (nSPS) is 14.4. The van der Waals surface area contributed by atoms with Crippen molar-refractivity contribution in [2.24, 2.45) is 5.92 Å². The van der Waals surface area contributed by atoms with E-state index in [1.165, 1.54) is 29.6 Å². The van der Waals surface area contributed by atoms with Gasteiger partial charge in [0, 0.05) is 18.7 Å². The predicted octanol–water partition coefficient (Wildman–Crippen LogP) is 6.35. The molecule has 0 radical (unpaired) electrons. The van der Waals surface area contributed by atoms with Gasteiger partial charge in [0.1, 0.15) is 0 Å². The third-order valence-electron chi connectivity index (χ3n) is 4.77. The third-order valence-corrected chi connectivity index (χ3v) is 4.77. The van der Waals surface area contributed by atoms with Gasteiger partial charge in [-0.15, -0.1) is 0 Å². The zero-order valence-electron chi connectivity index (χ0n) is 17.5. The molecule has 0 saturated heterocycles. The second kappa shape index (κ2) is 10.9. The summed E-state index contributed by atoms with van der Waals surface area (Å²) in [4.78, 5) is 15.1. The number of rotatable bonds is 9. The summed E-state index contributed by atoms with van der Waals surface area (Å²) in [6.45, 7) is 10.1. The summed E-state index contributed by atoms with van der Waals surface area (Å²) in [5, 5.41) is 0. The highest BCUT2D eigenvalue weighted by Crippen LogP contribution is 2.16. The lowest BCUT2D eigenvalue weighted by atomic mass is 10.0. The molecule has 0 N–H and O–H groups in total. The molecule has 0 aromatic heterocycles. The molecule has 1 aliphatic rings. The summed E-state index contributed by atoms with van der Waals surface area (Å²) < 4.78 is 0. The van der Waals surface area contributed by atoms with E-state index in [0.29, 0.717) is 12.5 Å². The first kappa shape index (κ1) is 21.2. The molecular weight excluding hydrogens is 330 g/mol. The maximum absolute atomic E-state index is 13.1. The summed E-state index contributed by atoms with van der Waals surface area (Å²) in [5.41, 5.74) is 4.59. The van der Waals surface area contributed by atoms with Gasteiger partial charge in [-0.3, -0.25) is 4.79 Å². The first-order chi connectivity index (χ1) is 13.0. The molecule has 146 valence electrons. The number of carbonyl (C=O) groups excluding carboxylic acids is 1. The molecule has 0 saturated carbocycles. The number of benzene rings is 1. The van der Waals surface area contributed by atoms with Crippen LogP contribution in [0.2, 0.25) is 0 Å². The zero-order chi connectivity index (χ0) is 19.6. The molecule has 1 aromatic rings. The molecular formula is C25H35NO. The molecule has 1 aromatic carbocycles. The molecule has 0 bridgehead atoms. The molecule has 2 heteroatoms. The number of aryl methyl sites for hydroxylation is 1. The third kappa shape index (κ3) is 7.21. The van der Waals surface area contributed by atoms with Gasteiger partial charge < -0.3 is 4.90 Å². The van der Waals surface area contributed by atoms with Crippen molar-refractivity contribution in [3.8, 4) is 0 Å². The van der Waals surface area contributed by atoms with Gasteiger partial charge in [-0.25, -0.2) is 0 Å². The van der Waals surface area contributed by atoms with Crippen molar-refractivity contribution in [3.63, 3.8) is 0 Å². The van der Waals surface area contributed by atoms with Gasteiger partial charge in [-0.2, -0.15) is 0 Å². The molecule has 0 fully saturated rings. The molecule has 0 heterocycles. The predicted molar refractivity (Wildman–Crippen MR) is 116 cm³/mol. The number of amides is 1. The van der Waals surface area contributed by atoms with E-state index in [0.717, 1.165) is 31.4 Å². The number of unbranched alkanes of at least 4 members (excludes halogenated alkanes) is 1. The van der Waals surface area contributed by atoms with Crippen molar-refractivity contribution < 1.29 is 4.79 Å². The van der Waals surface area contributed by atoms with Crippen LogP contribution in [0.15, 0.2) is 59.7 Å². The molecule has 1 aliphatic carbocycles. The summed E-state index contributed by atoms with van der Waals surface area (Å²) in [6.07, 6.45) is 14.6. The first-order valence-electron chi connectivity index (χ1n) is 10.4. The Morgan fingerprint density at radius 3 is 2.52 bits per heavy atom. The Bertz CT molecular complexity index is 692. The summed E-state index contributed by atoms with van der Waals surface area (Å²) in [5.74, 6) is 0.575. The van der Waals surface area contributed by atoms with Gasteiger partial charge in [0.25, 0.3) is 5.91 Å². The molecule has 27 heavy (non-hydrogen) atoms. The Balaban J connectivity index is 2.09. The lowest BCUT2D eigenvalue weighted by Crippen LogP contribution is -2.35. The van der Waals surface area contributed by atoms with Crippen LogP contribution in [-0.4, -0.2) is 23.9 Å². The molecule has 2 nitrogen and oxygen atoms in total. The Kier molecular flexibility index (Phi) is 8.57. The smallest absolute Gasteiger partial charge is 0.254 e. The van der Waals surface area contributed by atoms with Crippen molar-refractivity contribution in [1.82, 2.24) is 4.90 Å². The Labute approximate surface area is 165 Å². The monoisotopic (exact) mass is 365 g/mol. The number of nitrogens with zero attached hydrogens (tertiary/aromatic N) is 1. The van der Waals surface area contributed by atoms with E-state index >= 15 is 0 Å². The zero-order valence-corrected chi connectivity index (χ0v) is 17.5. The number of hydrogen-bond donors (Lipinski definition) is 0. The van der Waals surface area contributed by atoms with E-state index in [4.69, 9.17) is 0 Å². The minimum absolute atomic E-state index is 0.131. The first-order valence-corrected chi connectivity index (χ1v) is 10.4. The van der Waals surface area contributed by atoms with E-state index in [1.807, 2.05) is 17.0 Å². The molecule has 2 rings (SSSR count). The minimum atomic E-state index is 0.131. The van der Waals surface area contributed by atoms with Crippen LogP contribution in [0.1, 0.15) is 69.3 Å². The van der Waals surface area contributed by atoms with Crippen molar-refractivity contribution in [1.29, 1.82) is 0 Å². The molecule has 0 spiro atoms. The lowest BCUT2D eigenvalue weighted by molar-refractivity contribution is 0.0751. The van der Waals surface area contributed by atoms with Crippen LogP contribution >= 0.6 is 0 Å². The van der Waals surface area contributed by atoms with E-state index in [9.17, 15) is 4.79 Å². The SMILES string of the molecule is CCCCc1ccc(C(=O)N(C/C(C)=C/C2=CCCC=C2)CC(C)C)cc1. The van der Waals surface area contributed by atoms with E-state index < -0.39 is 0 Å². The number of carbonyl (C=O) groups is 1. The maximum Gasteiger partial charge on any atom is 0.254 e. The fraction of sp³-hybridized carbons (Fsp3) is 0.480. The largest absolute Gasteiger partial charge is 0.334 e. The lowest BCUT2D eigenvalue weighted by Gasteiger charge is -2.25. The van der Waals surface area contributed by atoms with E-state index in [2.05, 4.69) is 64.1 Å². The van der Waals surface area contributed by atoms with Crippen LogP contribution in [0.5, 0.6) is 0 Å². The highest BCUT2D eigenvalue weighted by Gasteiger charge is 2.17. The van der Waals surface area contributed by atoms with Crippen LogP contribution in [0, 0.1) is 5.92 Å². The average Bonchev–Trinajstić information content (AvgIpc) is 2.66. The fourth-order valence-electron chi connectivity index (χ4n) is 3.41. The fourth-order valence-corrected chi connectivity index (χ4v) is 3.41. The molecule has 0 aliphatic heterocycles. The van der Waals surface area contributed by atoms with Crippen molar-refractivity contribution in [2.75, 3.05) is 13.1 Å². The van der Waals surface area contributed by atoms with Crippen molar-refractivity contribution in [2.45, 2.75) is 59.8 Å². The maximum atomic E-state index is 13.1. The number of allylic oxidation sites excluding steroid dienone is 5. The highest BCUT2D eigenvalue weighted by molar-refractivity contribution is 5.94. The Hall–Kier alpha value is -2.09. The van der Waals surface area contributed by atoms with Gasteiger partial charge in [0.05, 0.1) is 0 Å². The van der Waals surface area contributed by atoms with Crippen LogP contribution in [0.3, 0.4) is 0 Å². The van der Waals surface area contributed by atoms with Crippen LogP contribution in [-0.2, 0) is 6.42 Å². The van der Waals surface area contributed by atoms with Gasteiger partial charge in [-0.1, -0.05) is 69.2 Å². The van der Waals surface area contributed by atoms with Gasteiger partial charge in [0.2, 0.25) is 0 Å². The van der Waals surface area contributed by atoms with E-state index in [-0.39, 0.29) is 5.91 Å². The number of hydrogen-bond acceptors (Lipinski definition) is 1. The summed E-state index contributed by atoms with van der Waals surface area (Å²) >= 11 is 0. The van der Waals surface area contributed by atoms with Crippen molar-refractivity contribution >= 4 is 5.91 Å². The molecule has 1 amide bonds. The summed E-state index contributed by atoms with van der Waals surface area (Å²) in [7, 11) is 0. The molecule has 0 atom stereocenters. The molecule has 0 unspecified atom stereocenters. The van der Waals surface area contributed by atoms with Gasteiger partial charge in [-0.05, 0) is 61.8 Å². The minimum Gasteiger partial charge on any atom is -0.334 e. The van der Waals surface area contributed by atoms with Crippen LogP contribution in [0.25, 0.3) is 0 Å². The second-order valence-electron chi connectivity index (χ2n) is 8.05. The van der Waals surface area contributed by atoms with Gasteiger partial charge >= 0.3 is 0 Å². The van der Waals surface area contributed by atoms with Crippen molar-refractivity contribution in [3.05, 3.63) is 70.8 Å². The average molecular weight is 366 g/mol. The highest BCUT2D eigenvalue weighted by atomic mass is 16.2. The summed E-state index contributed by atoms with van der Waals surface area (Å²) in [6, 6.07) is 8.20. The Morgan fingerprint density at radius 1 is 1.19 bits per heavy atom. The van der Waals surface area contributed by atoms with Gasteiger partial charge in [0.15, 0.2) is 0 Å². The van der Waals surface area contributed by atoms with Crippen LogP contribution < -0.4 is 0 Å². The Morgan fingerprint density at radius 2 is 1.93 bits per heavy atom.